The van der Waals surface area contributed by atoms with Crippen LogP contribution in [0.25, 0.3) is 0 Å². The van der Waals surface area contributed by atoms with Crippen LogP contribution in [-0.4, -0.2) is 96.7 Å². The van der Waals surface area contributed by atoms with Gasteiger partial charge in [0.25, 0.3) is 0 Å². The molecule has 4 unspecified atom stereocenters. The van der Waals surface area contributed by atoms with Gasteiger partial charge in [0.1, 0.15) is 19.3 Å². The Morgan fingerprint density at radius 1 is 0.292 bits per heavy atom. The summed E-state index contributed by atoms with van der Waals surface area (Å²) in [7, 11) is -9.92. The highest BCUT2D eigenvalue weighted by molar-refractivity contribution is 7.47. The molecule has 0 aliphatic carbocycles. The summed E-state index contributed by atoms with van der Waals surface area (Å²) in [5.41, 5.74) is 0. The van der Waals surface area contributed by atoms with Gasteiger partial charge in [-0.25, -0.2) is 9.13 Å². The van der Waals surface area contributed by atoms with Crippen molar-refractivity contribution >= 4 is 39.5 Å². The van der Waals surface area contributed by atoms with Crippen molar-refractivity contribution in [2.75, 3.05) is 39.6 Å². The Kier molecular flexibility index (Phi) is 65.0. The number of rotatable bonds is 74. The summed E-state index contributed by atoms with van der Waals surface area (Å²) in [6.45, 7) is 14.2. The number of aliphatic hydroxyl groups is 1. The van der Waals surface area contributed by atoms with Gasteiger partial charge < -0.3 is 33.8 Å². The van der Waals surface area contributed by atoms with E-state index in [-0.39, 0.29) is 25.7 Å². The molecule has 17 nitrogen and oxygen atoms in total. The number of carbonyl (C=O) groups is 4. The van der Waals surface area contributed by atoms with Crippen LogP contribution < -0.4 is 0 Å². The summed E-state index contributed by atoms with van der Waals surface area (Å²) in [4.78, 5) is 72.9. The molecule has 3 N–H and O–H groups in total. The summed E-state index contributed by atoms with van der Waals surface area (Å²) < 4.78 is 68.6. The molecular formula is C77H150O17P2. The number of esters is 4. The van der Waals surface area contributed by atoms with Crippen molar-refractivity contribution in [2.24, 2.45) is 23.7 Å². The maximum atomic E-state index is 13.1. The second-order valence-electron chi connectivity index (χ2n) is 29.4. The largest absolute Gasteiger partial charge is 0.472 e. The van der Waals surface area contributed by atoms with Crippen molar-refractivity contribution in [3.63, 3.8) is 0 Å². The quantitative estimate of drug-likeness (QED) is 0.0222. The minimum Gasteiger partial charge on any atom is -0.462 e. The van der Waals surface area contributed by atoms with Gasteiger partial charge in [0.05, 0.1) is 26.4 Å². The van der Waals surface area contributed by atoms with Gasteiger partial charge in [-0.15, -0.1) is 0 Å². The van der Waals surface area contributed by atoms with Gasteiger partial charge in [0.15, 0.2) is 12.2 Å². The van der Waals surface area contributed by atoms with Crippen molar-refractivity contribution in [1.29, 1.82) is 0 Å². The Labute approximate surface area is 588 Å². The molecule has 0 aromatic carbocycles. The predicted octanol–water partition coefficient (Wildman–Crippen LogP) is 22.4. The van der Waals surface area contributed by atoms with Gasteiger partial charge in [-0.3, -0.25) is 37.3 Å². The molecule has 0 aromatic rings. The molecule has 0 radical (unpaired) electrons. The Morgan fingerprint density at radius 3 is 0.740 bits per heavy atom. The normalized spacial score (nSPS) is 14.4. The van der Waals surface area contributed by atoms with E-state index in [1.807, 2.05) is 0 Å². The highest BCUT2D eigenvalue weighted by atomic mass is 31.2. The Hall–Kier alpha value is -1.94. The summed E-state index contributed by atoms with van der Waals surface area (Å²) in [5, 5.41) is 10.6. The van der Waals surface area contributed by atoms with E-state index in [4.69, 9.17) is 37.0 Å². The Bertz CT molecular complexity index is 1890. The summed E-state index contributed by atoms with van der Waals surface area (Å²) in [5.74, 6) is 0.976. The molecular weight excluding hydrogens is 1260 g/mol. The molecule has 19 heteroatoms. The lowest BCUT2D eigenvalue weighted by atomic mass is 9.99. The van der Waals surface area contributed by atoms with Crippen LogP contribution in [0.2, 0.25) is 0 Å². The average Bonchev–Trinajstić information content (AvgIpc) is 1.78. The molecule has 570 valence electrons. The first-order chi connectivity index (χ1) is 46.1. The Morgan fingerprint density at radius 2 is 0.500 bits per heavy atom. The minimum absolute atomic E-state index is 0.105. The van der Waals surface area contributed by atoms with E-state index in [1.54, 1.807) is 0 Å². The lowest BCUT2D eigenvalue weighted by molar-refractivity contribution is -0.161. The molecule has 0 aliphatic rings. The van der Waals surface area contributed by atoms with E-state index in [0.29, 0.717) is 25.7 Å². The zero-order valence-electron chi connectivity index (χ0n) is 63.0. The van der Waals surface area contributed by atoms with Crippen molar-refractivity contribution in [3.05, 3.63) is 0 Å². The topological polar surface area (TPSA) is 237 Å². The van der Waals surface area contributed by atoms with E-state index >= 15 is 0 Å². The second kappa shape index (κ2) is 66.3. The van der Waals surface area contributed by atoms with Crippen LogP contribution in [0.3, 0.4) is 0 Å². The number of carbonyl (C=O) groups excluding carboxylic acids is 4. The SMILES string of the molecule is CCC(C)CCCCCCCCCCCCC(=O)O[C@H](COC(=O)CCCCCCCCCCC(C)C)COP(=O)(O)OCC(O)COP(=O)(O)OC[C@@H](COC(=O)CCCCCCCCCCCCCC(C)C)OC(=O)CCCCCCCCCCCCCCCCC(C)C. The first-order valence-corrected chi connectivity index (χ1v) is 42.7. The third-order valence-corrected chi connectivity index (χ3v) is 20.1. The number of ether oxygens (including phenoxy) is 4. The van der Waals surface area contributed by atoms with Gasteiger partial charge in [-0.05, 0) is 49.4 Å². The molecule has 0 spiro atoms. The summed E-state index contributed by atoms with van der Waals surface area (Å²) in [6.07, 6.45) is 51.2. The molecule has 0 aromatic heterocycles. The van der Waals surface area contributed by atoms with Gasteiger partial charge in [0, 0.05) is 25.7 Å². The smallest absolute Gasteiger partial charge is 0.462 e. The molecule has 0 heterocycles. The predicted molar refractivity (Wildman–Crippen MR) is 391 cm³/mol. The maximum absolute atomic E-state index is 13.1. The van der Waals surface area contributed by atoms with E-state index in [1.165, 1.54) is 193 Å². The third kappa shape index (κ3) is 69.2. The number of aliphatic hydroxyl groups excluding tert-OH is 1. The summed E-state index contributed by atoms with van der Waals surface area (Å²) in [6, 6.07) is 0. The lowest BCUT2D eigenvalue weighted by Gasteiger charge is -2.21. The van der Waals surface area contributed by atoms with Gasteiger partial charge in [-0.1, -0.05) is 338 Å². The maximum Gasteiger partial charge on any atom is 0.472 e. The minimum atomic E-state index is -4.96. The standard InChI is InChI=1S/C77H150O17P2/c1-9-70(8)56-48-40-32-23-19-20-26-36-44-52-60-77(82)94-73(64-88-75(80)58-50-42-34-28-27-31-39-47-55-69(6)7)66-92-96(85,86)90-62-71(78)61-89-95(83,84)91-65-72(63-87-74(79)57-49-41-33-24-18-14-16-22-30-38-46-54-68(4)5)93-76(81)59-51-43-35-25-17-13-11-10-12-15-21-29-37-45-53-67(2)3/h67-73,78H,9-66H2,1-8H3,(H,83,84)(H,85,86)/t70?,71?,72-,73-/m1/s1. The molecule has 0 rings (SSSR count). The number of hydrogen-bond donors (Lipinski definition) is 3. The molecule has 0 bridgehead atoms. The lowest BCUT2D eigenvalue weighted by Crippen LogP contribution is -2.30. The molecule has 0 saturated carbocycles. The zero-order chi connectivity index (χ0) is 71.0. The fraction of sp³-hybridized carbons (Fsp3) is 0.948. The van der Waals surface area contributed by atoms with Crippen LogP contribution in [0.15, 0.2) is 0 Å². The molecule has 0 aliphatic heterocycles. The molecule has 0 saturated heterocycles. The molecule has 0 amide bonds. The number of phosphoric acid groups is 2. The van der Waals surface area contributed by atoms with Gasteiger partial charge >= 0.3 is 39.5 Å². The number of unbranched alkanes of at least 4 members (excludes halogenated alkanes) is 39. The third-order valence-electron chi connectivity index (χ3n) is 18.2. The van der Waals surface area contributed by atoms with Crippen molar-refractivity contribution in [3.8, 4) is 0 Å². The van der Waals surface area contributed by atoms with Crippen LogP contribution in [0.1, 0.15) is 389 Å². The van der Waals surface area contributed by atoms with Crippen LogP contribution in [-0.2, 0) is 65.4 Å². The second-order valence-corrected chi connectivity index (χ2v) is 32.3. The monoisotopic (exact) mass is 1410 g/mol. The average molecular weight is 1410 g/mol. The molecule has 96 heavy (non-hydrogen) atoms. The fourth-order valence-electron chi connectivity index (χ4n) is 11.7. The zero-order valence-corrected chi connectivity index (χ0v) is 64.8. The van der Waals surface area contributed by atoms with Crippen LogP contribution >= 0.6 is 15.6 Å². The molecule has 0 fully saturated rings. The van der Waals surface area contributed by atoms with Crippen molar-refractivity contribution < 1.29 is 80.2 Å². The molecule has 6 atom stereocenters. The van der Waals surface area contributed by atoms with E-state index in [2.05, 4.69) is 55.4 Å². The van der Waals surface area contributed by atoms with Gasteiger partial charge in [0.2, 0.25) is 0 Å². The first kappa shape index (κ1) is 94.1. The number of phosphoric ester groups is 2. The van der Waals surface area contributed by atoms with Crippen molar-refractivity contribution in [1.82, 2.24) is 0 Å². The fourth-order valence-corrected chi connectivity index (χ4v) is 13.3. The van der Waals surface area contributed by atoms with Crippen molar-refractivity contribution in [2.45, 2.75) is 408 Å². The van der Waals surface area contributed by atoms with E-state index in [9.17, 15) is 43.2 Å². The van der Waals surface area contributed by atoms with E-state index < -0.39 is 97.5 Å². The Balaban J connectivity index is 5.27. The van der Waals surface area contributed by atoms with Crippen LogP contribution in [0.4, 0.5) is 0 Å². The van der Waals surface area contributed by atoms with Crippen LogP contribution in [0, 0.1) is 23.7 Å². The first-order valence-electron chi connectivity index (χ1n) is 39.7. The number of hydrogen-bond acceptors (Lipinski definition) is 15. The highest BCUT2D eigenvalue weighted by Crippen LogP contribution is 2.45. The van der Waals surface area contributed by atoms with E-state index in [0.717, 1.165) is 114 Å². The van der Waals surface area contributed by atoms with Crippen LogP contribution in [0.5, 0.6) is 0 Å². The highest BCUT2D eigenvalue weighted by Gasteiger charge is 2.30. The summed E-state index contributed by atoms with van der Waals surface area (Å²) >= 11 is 0. The van der Waals surface area contributed by atoms with Gasteiger partial charge in [-0.2, -0.15) is 0 Å².